The van der Waals surface area contributed by atoms with Crippen molar-refractivity contribution in [3.05, 3.63) is 30.1 Å². The zero-order valence-corrected chi connectivity index (χ0v) is 11.1. The quantitative estimate of drug-likeness (QED) is 0.818. The molecule has 0 saturated heterocycles. The Labute approximate surface area is 107 Å². The van der Waals surface area contributed by atoms with Gasteiger partial charge in [0.15, 0.2) is 0 Å². The molecule has 0 unspecified atom stereocenters. The molecule has 0 amide bonds. The molecule has 0 fully saturated rings. The van der Waals surface area contributed by atoms with E-state index < -0.39 is 15.8 Å². The van der Waals surface area contributed by atoms with Crippen molar-refractivity contribution in [3.63, 3.8) is 0 Å². The predicted octanol–water partition coefficient (Wildman–Crippen LogP) is 0.669. The first-order valence-electron chi connectivity index (χ1n) is 5.28. The summed E-state index contributed by atoms with van der Waals surface area (Å²) in [6.07, 6.45) is 0. The summed E-state index contributed by atoms with van der Waals surface area (Å²) in [5, 5.41) is 0. The third-order valence-electron chi connectivity index (χ3n) is 2.00. The van der Waals surface area contributed by atoms with E-state index >= 15 is 0 Å². The number of halogens is 1. The van der Waals surface area contributed by atoms with Gasteiger partial charge in [0, 0.05) is 0 Å². The standard InChI is InChI=1S/C12H15FN2O2S/c1-15(2)10-6-5-9-14-18(16,17)12-8-4-3-7-11(12)13/h3-4,7-8,14H,9-10H2,1-2H3. The van der Waals surface area contributed by atoms with Gasteiger partial charge >= 0.3 is 0 Å². The molecule has 0 spiro atoms. The second-order valence-corrected chi connectivity index (χ2v) is 5.58. The monoisotopic (exact) mass is 270 g/mol. The lowest BCUT2D eigenvalue weighted by atomic mass is 10.4. The number of nitrogens with one attached hydrogen (secondary N) is 1. The van der Waals surface area contributed by atoms with Gasteiger partial charge in [0.1, 0.15) is 10.7 Å². The molecule has 6 heteroatoms. The fraction of sp³-hybridized carbons (Fsp3) is 0.333. The molecule has 0 bridgehead atoms. The van der Waals surface area contributed by atoms with Crippen molar-refractivity contribution in [2.75, 3.05) is 27.2 Å². The van der Waals surface area contributed by atoms with E-state index in [2.05, 4.69) is 16.6 Å². The summed E-state index contributed by atoms with van der Waals surface area (Å²) in [4.78, 5) is 1.50. The average molecular weight is 270 g/mol. The zero-order chi connectivity index (χ0) is 13.6. The molecule has 1 aromatic carbocycles. The number of rotatable bonds is 4. The van der Waals surface area contributed by atoms with Crippen LogP contribution < -0.4 is 4.72 Å². The Bertz CT molecular complexity index is 559. The van der Waals surface area contributed by atoms with Crippen LogP contribution in [0.1, 0.15) is 0 Å². The SMILES string of the molecule is CN(C)CC#CCNS(=O)(=O)c1ccccc1F. The van der Waals surface area contributed by atoms with Crippen LogP contribution in [0.2, 0.25) is 0 Å². The molecule has 1 N–H and O–H groups in total. The van der Waals surface area contributed by atoms with E-state index in [1.165, 1.54) is 18.2 Å². The lowest BCUT2D eigenvalue weighted by Crippen LogP contribution is -2.25. The predicted molar refractivity (Wildman–Crippen MR) is 67.9 cm³/mol. The van der Waals surface area contributed by atoms with Crippen LogP contribution in [-0.4, -0.2) is 40.5 Å². The van der Waals surface area contributed by atoms with E-state index in [-0.39, 0.29) is 11.4 Å². The molecular weight excluding hydrogens is 255 g/mol. The number of sulfonamides is 1. The third kappa shape index (κ3) is 4.45. The molecule has 0 aliphatic carbocycles. The molecule has 0 aromatic heterocycles. The maximum Gasteiger partial charge on any atom is 0.244 e. The van der Waals surface area contributed by atoms with Crippen molar-refractivity contribution >= 4 is 10.0 Å². The first-order valence-corrected chi connectivity index (χ1v) is 6.76. The average Bonchev–Trinajstić information content (AvgIpc) is 2.28. The lowest BCUT2D eigenvalue weighted by Gasteiger charge is -2.04. The molecular formula is C12H15FN2O2S. The maximum atomic E-state index is 13.3. The van der Waals surface area contributed by atoms with Crippen LogP contribution in [0.5, 0.6) is 0 Å². The second-order valence-electron chi connectivity index (χ2n) is 3.85. The maximum absolute atomic E-state index is 13.3. The fourth-order valence-corrected chi connectivity index (χ4v) is 2.15. The molecule has 0 heterocycles. The van der Waals surface area contributed by atoms with Crippen LogP contribution in [0.15, 0.2) is 29.2 Å². The van der Waals surface area contributed by atoms with Crippen LogP contribution in [0.25, 0.3) is 0 Å². The molecule has 0 saturated carbocycles. The van der Waals surface area contributed by atoms with Gasteiger partial charge in [-0.3, -0.25) is 4.90 Å². The van der Waals surface area contributed by atoms with E-state index in [4.69, 9.17) is 0 Å². The largest absolute Gasteiger partial charge is 0.299 e. The number of hydrogen-bond acceptors (Lipinski definition) is 3. The van der Waals surface area contributed by atoms with Crippen LogP contribution in [0.3, 0.4) is 0 Å². The van der Waals surface area contributed by atoms with E-state index in [1.54, 1.807) is 0 Å². The van der Waals surface area contributed by atoms with Gasteiger partial charge in [-0.15, -0.1) is 0 Å². The molecule has 4 nitrogen and oxygen atoms in total. The van der Waals surface area contributed by atoms with Crippen molar-refractivity contribution in [3.8, 4) is 11.8 Å². The van der Waals surface area contributed by atoms with Crippen LogP contribution >= 0.6 is 0 Å². The van der Waals surface area contributed by atoms with Crippen LogP contribution in [0, 0.1) is 17.7 Å². The van der Waals surface area contributed by atoms with Crippen molar-refractivity contribution in [2.24, 2.45) is 0 Å². The Morgan fingerprint density at radius 3 is 2.56 bits per heavy atom. The Kier molecular flexibility index (Phi) is 5.28. The molecule has 98 valence electrons. The van der Waals surface area contributed by atoms with Gasteiger partial charge in [0.2, 0.25) is 10.0 Å². The highest BCUT2D eigenvalue weighted by atomic mass is 32.2. The Morgan fingerprint density at radius 1 is 1.28 bits per heavy atom. The van der Waals surface area contributed by atoms with Crippen molar-refractivity contribution < 1.29 is 12.8 Å². The number of benzene rings is 1. The first kappa shape index (κ1) is 14.6. The van der Waals surface area contributed by atoms with Gasteiger partial charge < -0.3 is 0 Å². The highest BCUT2D eigenvalue weighted by Crippen LogP contribution is 2.12. The van der Waals surface area contributed by atoms with E-state index in [9.17, 15) is 12.8 Å². The van der Waals surface area contributed by atoms with Crippen molar-refractivity contribution in [1.82, 2.24) is 9.62 Å². The summed E-state index contributed by atoms with van der Waals surface area (Å²) >= 11 is 0. The van der Waals surface area contributed by atoms with Crippen molar-refractivity contribution in [1.29, 1.82) is 0 Å². The summed E-state index contributed by atoms with van der Waals surface area (Å²) < 4.78 is 39.0. The number of nitrogens with zero attached hydrogens (tertiary/aromatic N) is 1. The Hall–Kier alpha value is -1.42. The normalized spacial score (nSPS) is 11.1. The molecule has 1 rings (SSSR count). The van der Waals surface area contributed by atoms with Gasteiger partial charge in [0.05, 0.1) is 13.1 Å². The molecule has 0 radical (unpaired) electrons. The summed E-state index contributed by atoms with van der Waals surface area (Å²) in [6, 6.07) is 5.22. The minimum absolute atomic E-state index is 0.0372. The lowest BCUT2D eigenvalue weighted by molar-refractivity contribution is 0.463. The summed E-state index contributed by atoms with van der Waals surface area (Å²) in [5.41, 5.74) is 0. The zero-order valence-electron chi connectivity index (χ0n) is 10.3. The smallest absolute Gasteiger partial charge is 0.244 e. The van der Waals surface area contributed by atoms with E-state index in [1.807, 2.05) is 19.0 Å². The van der Waals surface area contributed by atoms with Crippen LogP contribution in [-0.2, 0) is 10.0 Å². The van der Waals surface area contributed by atoms with Gasteiger partial charge in [-0.2, -0.15) is 4.72 Å². The molecule has 18 heavy (non-hydrogen) atoms. The van der Waals surface area contributed by atoms with Gasteiger partial charge in [-0.25, -0.2) is 12.8 Å². The minimum Gasteiger partial charge on any atom is -0.299 e. The summed E-state index contributed by atoms with van der Waals surface area (Å²) in [7, 11) is -0.114. The highest BCUT2D eigenvalue weighted by Gasteiger charge is 2.16. The minimum atomic E-state index is -3.83. The second kappa shape index (κ2) is 6.50. The van der Waals surface area contributed by atoms with Gasteiger partial charge in [-0.1, -0.05) is 24.0 Å². The topological polar surface area (TPSA) is 49.4 Å². The summed E-state index contributed by atoms with van der Waals surface area (Å²) in [6.45, 7) is 0.506. The highest BCUT2D eigenvalue weighted by molar-refractivity contribution is 7.89. The fourth-order valence-electron chi connectivity index (χ4n) is 1.15. The third-order valence-corrected chi connectivity index (χ3v) is 3.43. The van der Waals surface area contributed by atoms with E-state index in [0.29, 0.717) is 6.54 Å². The van der Waals surface area contributed by atoms with Gasteiger partial charge in [-0.05, 0) is 26.2 Å². The number of hydrogen-bond donors (Lipinski definition) is 1. The molecule has 0 atom stereocenters. The Balaban J connectivity index is 2.66. The molecule has 0 aliphatic rings. The summed E-state index contributed by atoms with van der Waals surface area (Å²) in [5.74, 6) is 4.66. The van der Waals surface area contributed by atoms with E-state index in [0.717, 1.165) is 6.07 Å². The molecule has 1 aromatic rings. The van der Waals surface area contributed by atoms with Crippen LogP contribution in [0.4, 0.5) is 4.39 Å². The van der Waals surface area contributed by atoms with Crippen molar-refractivity contribution in [2.45, 2.75) is 4.90 Å². The molecule has 0 aliphatic heterocycles. The van der Waals surface area contributed by atoms with Gasteiger partial charge in [0.25, 0.3) is 0 Å². The Morgan fingerprint density at radius 2 is 1.94 bits per heavy atom. The first-order chi connectivity index (χ1) is 8.43.